The van der Waals surface area contributed by atoms with Gasteiger partial charge in [0.2, 0.25) is 0 Å². The highest BCUT2D eigenvalue weighted by Crippen LogP contribution is 2.24. The summed E-state index contributed by atoms with van der Waals surface area (Å²) in [5.74, 6) is 0. The monoisotopic (exact) mass is 268 g/mol. The van der Waals surface area contributed by atoms with Gasteiger partial charge in [0.05, 0.1) is 0 Å². The van der Waals surface area contributed by atoms with Crippen LogP contribution in [0.5, 0.6) is 0 Å². The lowest BCUT2D eigenvalue weighted by Gasteiger charge is -2.18. The van der Waals surface area contributed by atoms with E-state index >= 15 is 0 Å². The van der Waals surface area contributed by atoms with Crippen molar-refractivity contribution in [2.75, 3.05) is 0 Å². The highest BCUT2D eigenvalue weighted by Gasteiger charge is 2.23. The number of para-hydroxylation sites is 2. The van der Waals surface area contributed by atoms with Crippen molar-refractivity contribution >= 4 is 22.1 Å². The Labute approximate surface area is 117 Å². The zero-order valence-corrected chi connectivity index (χ0v) is 11.8. The molecular formula is C16H16N2O2. The third-order valence-electron chi connectivity index (χ3n) is 3.60. The standard InChI is InChI=1S/C16H16N2O2/c1-16(2,3)11-8-9-14-15(10-11)18(20)13-7-5-4-6-12(13)17(14)19/h4-10H,1-3H3. The Hall–Kier alpha value is -2.36. The summed E-state index contributed by atoms with van der Waals surface area (Å²) in [6, 6.07) is 12.3. The van der Waals surface area contributed by atoms with Crippen LogP contribution in [0.2, 0.25) is 0 Å². The topological polar surface area (TPSA) is 53.9 Å². The second-order valence-electron chi connectivity index (χ2n) is 6.03. The molecule has 102 valence electrons. The average molecular weight is 268 g/mol. The summed E-state index contributed by atoms with van der Waals surface area (Å²) in [6.45, 7) is 6.24. The van der Waals surface area contributed by atoms with Crippen LogP contribution in [0.25, 0.3) is 22.1 Å². The lowest BCUT2D eigenvalue weighted by molar-refractivity contribution is -0.591. The summed E-state index contributed by atoms with van der Waals surface area (Å²) in [5, 5.41) is 24.8. The number of fused-ring (bicyclic) bond motifs is 2. The van der Waals surface area contributed by atoms with Crippen molar-refractivity contribution in [2.45, 2.75) is 26.2 Å². The molecule has 0 spiro atoms. The van der Waals surface area contributed by atoms with E-state index in [1.54, 1.807) is 30.3 Å². The minimum absolute atomic E-state index is 0.0689. The molecule has 1 heterocycles. The maximum atomic E-state index is 12.5. The van der Waals surface area contributed by atoms with Gasteiger partial charge in [-0.2, -0.15) is 9.46 Å². The number of hydrogen-bond acceptors (Lipinski definition) is 2. The normalized spacial score (nSPS) is 12.2. The molecule has 0 fully saturated rings. The molecule has 4 nitrogen and oxygen atoms in total. The molecule has 2 aromatic carbocycles. The molecule has 0 aliphatic rings. The molecule has 20 heavy (non-hydrogen) atoms. The fraction of sp³-hybridized carbons (Fsp3) is 0.250. The van der Waals surface area contributed by atoms with Crippen LogP contribution in [0.15, 0.2) is 42.5 Å². The Bertz CT molecular complexity index is 820. The molecule has 0 bridgehead atoms. The number of aromatic nitrogens is 2. The molecule has 4 heteroatoms. The molecule has 0 aliphatic carbocycles. The summed E-state index contributed by atoms with van der Waals surface area (Å²) in [6.07, 6.45) is 0. The maximum absolute atomic E-state index is 12.5. The molecule has 3 aromatic rings. The van der Waals surface area contributed by atoms with E-state index in [0.717, 1.165) is 15.0 Å². The minimum Gasteiger partial charge on any atom is -0.617 e. The van der Waals surface area contributed by atoms with Crippen LogP contribution in [-0.4, -0.2) is 0 Å². The van der Waals surface area contributed by atoms with Gasteiger partial charge in [-0.3, -0.25) is 0 Å². The Balaban J connectivity index is 2.47. The van der Waals surface area contributed by atoms with Crippen molar-refractivity contribution in [1.82, 2.24) is 0 Å². The molecule has 0 saturated heterocycles. The number of rotatable bonds is 0. The molecule has 0 unspecified atom stereocenters. The third kappa shape index (κ3) is 1.76. The first kappa shape index (κ1) is 12.7. The van der Waals surface area contributed by atoms with Gasteiger partial charge in [-0.05, 0) is 11.0 Å². The third-order valence-corrected chi connectivity index (χ3v) is 3.60. The fourth-order valence-electron chi connectivity index (χ4n) is 2.39. The summed E-state index contributed by atoms with van der Waals surface area (Å²) >= 11 is 0. The maximum Gasteiger partial charge on any atom is 0.290 e. The summed E-state index contributed by atoms with van der Waals surface area (Å²) in [5.41, 5.74) is 2.54. The van der Waals surface area contributed by atoms with Gasteiger partial charge in [-0.25, -0.2) is 0 Å². The molecule has 3 rings (SSSR count). The number of hydrogen-bond donors (Lipinski definition) is 0. The van der Waals surface area contributed by atoms with Gasteiger partial charge < -0.3 is 10.4 Å². The smallest absolute Gasteiger partial charge is 0.290 e. The quantitative estimate of drug-likeness (QED) is 0.357. The van der Waals surface area contributed by atoms with E-state index in [9.17, 15) is 10.4 Å². The van der Waals surface area contributed by atoms with Gasteiger partial charge in [0.15, 0.2) is 0 Å². The predicted molar refractivity (Wildman–Crippen MR) is 78.1 cm³/mol. The molecular weight excluding hydrogens is 252 g/mol. The SMILES string of the molecule is CC(C)(C)c1ccc2c(c1)[n+]([O-])c1ccccc1[n+]2[O-]. The molecule has 0 N–H and O–H groups in total. The van der Waals surface area contributed by atoms with Crippen molar-refractivity contribution in [3.8, 4) is 0 Å². The molecule has 0 saturated carbocycles. The summed E-state index contributed by atoms with van der Waals surface area (Å²) in [7, 11) is 0. The van der Waals surface area contributed by atoms with Gasteiger partial charge in [-0.15, -0.1) is 0 Å². The van der Waals surface area contributed by atoms with Crippen molar-refractivity contribution in [1.29, 1.82) is 0 Å². The lowest BCUT2D eigenvalue weighted by atomic mass is 9.87. The molecule has 1 aromatic heterocycles. The van der Waals surface area contributed by atoms with E-state index in [0.29, 0.717) is 22.1 Å². The molecule has 0 atom stereocenters. The van der Waals surface area contributed by atoms with E-state index in [-0.39, 0.29) is 5.41 Å². The highest BCUT2D eigenvalue weighted by atomic mass is 16.5. The first-order chi connectivity index (χ1) is 9.39. The van der Waals surface area contributed by atoms with Gasteiger partial charge >= 0.3 is 0 Å². The van der Waals surface area contributed by atoms with Crippen LogP contribution in [0.4, 0.5) is 0 Å². The van der Waals surface area contributed by atoms with E-state index in [2.05, 4.69) is 20.8 Å². The van der Waals surface area contributed by atoms with Gasteiger partial charge in [0.25, 0.3) is 22.1 Å². The van der Waals surface area contributed by atoms with Crippen LogP contribution in [0.1, 0.15) is 26.3 Å². The first-order valence-corrected chi connectivity index (χ1v) is 6.57. The van der Waals surface area contributed by atoms with Gasteiger partial charge in [0.1, 0.15) is 0 Å². The highest BCUT2D eigenvalue weighted by molar-refractivity contribution is 5.77. The zero-order valence-electron chi connectivity index (χ0n) is 11.8. The predicted octanol–water partition coefficient (Wildman–Crippen LogP) is 2.56. The Kier molecular flexibility index (Phi) is 2.57. The van der Waals surface area contributed by atoms with E-state index in [1.807, 2.05) is 12.1 Å². The lowest BCUT2D eigenvalue weighted by Crippen LogP contribution is -2.39. The Morgan fingerprint density at radius 3 is 1.80 bits per heavy atom. The van der Waals surface area contributed by atoms with Crippen molar-refractivity contribution in [2.24, 2.45) is 0 Å². The Morgan fingerprint density at radius 2 is 1.25 bits per heavy atom. The fourth-order valence-corrected chi connectivity index (χ4v) is 2.39. The van der Waals surface area contributed by atoms with Gasteiger partial charge in [-0.1, -0.05) is 39.0 Å². The van der Waals surface area contributed by atoms with E-state index in [1.165, 1.54) is 0 Å². The van der Waals surface area contributed by atoms with Crippen LogP contribution < -0.4 is 9.46 Å². The summed E-state index contributed by atoms with van der Waals surface area (Å²) < 4.78 is 1.67. The van der Waals surface area contributed by atoms with Crippen molar-refractivity contribution in [3.63, 3.8) is 0 Å². The minimum atomic E-state index is -0.0689. The molecule has 0 amide bonds. The second-order valence-corrected chi connectivity index (χ2v) is 6.03. The number of nitrogens with zero attached hydrogens (tertiary/aromatic N) is 2. The first-order valence-electron chi connectivity index (χ1n) is 6.57. The van der Waals surface area contributed by atoms with Crippen LogP contribution >= 0.6 is 0 Å². The van der Waals surface area contributed by atoms with Crippen LogP contribution in [0, 0.1) is 10.4 Å². The van der Waals surface area contributed by atoms with E-state index in [4.69, 9.17) is 0 Å². The second kappa shape index (κ2) is 4.07. The average Bonchev–Trinajstić information content (AvgIpc) is 2.43. The Morgan fingerprint density at radius 1 is 0.750 bits per heavy atom. The van der Waals surface area contributed by atoms with Crippen molar-refractivity contribution < 1.29 is 9.46 Å². The van der Waals surface area contributed by atoms with E-state index < -0.39 is 0 Å². The van der Waals surface area contributed by atoms with Crippen LogP contribution in [0.3, 0.4) is 0 Å². The summed E-state index contributed by atoms with van der Waals surface area (Å²) in [4.78, 5) is 0. The molecule has 0 aliphatic heterocycles. The largest absolute Gasteiger partial charge is 0.617 e. The zero-order chi connectivity index (χ0) is 14.5. The van der Waals surface area contributed by atoms with Crippen LogP contribution in [-0.2, 0) is 5.41 Å². The van der Waals surface area contributed by atoms with Gasteiger partial charge in [0, 0.05) is 24.3 Å². The molecule has 0 radical (unpaired) electrons. The van der Waals surface area contributed by atoms with Crippen molar-refractivity contribution in [3.05, 3.63) is 58.4 Å². The number of benzene rings is 2.